The van der Waals surface area contributed by atoms with E-state index in [4.69, 9.17) is 44.1 Å². The van der Waals surface area contributed by atoms with E-state index in [0.717, 1.165) is 11.1 Å². The van der Waals surface area contributed by atoms with Gasteiger partial charge in [0.15, 0.2) is 0 Å². The number of ketones is 1. The fraction of sp³-hybridized carbons (Fsp3) is 0.0800. The lowest BCUT2D eigenvalue weighted by atomic mass is 10.1. The van der Waals surface area contributed by atoms with Crippen LogP contribution >= 0.6 is 34.8 Å². The van der Waals surface area contributed by atoms with E-state index < -0.39 is 5.78 Å². The summed E-state index contributed by atoms with van der Waals surface area (Å²) < 4.78 is 12.5. The molecular weight excluding hydrogens is 497 g/mol. The number of methoxy groups -OCH3 is 1. The molecule has 34 heavy (non-hydrogen) atoms. The minimum absolute atomic E-state index is 0.0906. The summed E-state index contributed by atoms with van der Waals surface area (Å²) in [7, 11) is 1.56. The normalized spacial score (nSPS) is 11.2. The van der Waals surface area contributed by atoms with Crippen molar-refractivity contribution >= 4 is 51.5 Å². The van der Waals surface area contributed by atoms with E-state index in [1.807, 2.05) is 42.5 Å². The molecule has 5 aromatic rings. The third kappa shape index (κ3) is 4.05. The molecule has 170 valence electrons. The topological polar surface area (TPSA) is 70.2 Å². The van der Waals surface area contributed by atoms with Crippen LogP contribution < -0.4 is 4.74 Å². The molecule has 0 spiro atoms. The largest absolute Gasteiger partial charge is 0.497 e. The van der Waals surface area contributed by atoms with E-state index in [2.05, 4.69) is 10.1 Å². The van der Waals surface area contributed by atoms with Gasteiger partial charge in [-0.2, -0.15) is 4.98 Å². The number of halogens is 3. The average Bonchev–Trinajstić information content (AvgIpc) is 3.44. The Morgan fingerprint density at radius 3 is 2.56 bits per heavy atom. The van der Waals surface area contributed by atoms with Crippen LogP contribution in [0.15, 0.2) is 71.3 Å². The second kappa shape index (κ2) is 9.14. The van der Waals surface area contributed by atoms with E-state index in [0.29, 0.717) is 33.3 Å². The Morgan fingerprint density at radius 2 is 1.82 bits per heavy atom. The van der Waals surface area contributed by atoms with Gasteiger partial charge in [0.25, 0.3) is 5.89 Å². The summed E-state index contributed by atoms with van der Waals surface area (Å²) in [5.41, 5.74) is 2.49. The maximum Gasteiger partial charge on any atom is 0.258 e. The number of rotatable bonds is 6. The van der Waals surface area contributed by atoms with Gasteiger partial charge in [0.1, 0.15) is 10.9 Å². The number of nitrogens with zero attached hydrogens (tertiary/aromatic N) is 3. The van der Waals surface area contributed by atoms with Gasteiger partial charge in [-0.15, -0.1) is 0 Å². The summed E-state index contributed by atoms with van der Waals surface area (Å²) in [6.07, 6.45) is 0. The fourth-order valence-electron chi connectivity index (χ4n) is 3.75. The van der Waals surface area contributed by atoms with Crippen LogP contribution in [0.1, 0.15) is 21.7 Å². The lowest BCUT2D eigenvalue weighted by Crippen LogP contribution is -2.06. The number of hydrogen-bond acceptors (Lipinski definition) is 5. The lowest BCUT2D eigenvalue weighted by Gasteiger charge is -2.10. The van der Waals surface area contributed by atoms with Crippen molar-refractivity contribution in [2.45, 2.75) is 6.54 Å². The molecule has 2 heterocycles. The van der Waals surface area contributed by atoms with E-state index in [-0.39, 0.29) is 22.4 Å². The molecule has 9 heteroatoms. The highest BCUT2D eigenvalue weighted by atomic mass is 35.5. The summed E-state index contributed by atoms with van der Waals surface area (Å²) in [6.45, 7) is 0.326. The van der Waals surface area contributed by atoms with Gasteiger partial charge in [-0.05, 0) is 48.0 Å². The Kier molecular flexibility index (Phi) is 6.04. The van der Waals surface area contributed by atoms with Crippen LogP contribution in [0.25, 0.3) is 22.4 Å². The molecule has 0 unspecified atom stereocenters. The first-order chi connectivity index (χ1) is 16.5. The van der Waals surface area contributed by atoms with Crippen molar-refractivity contribution in [3.8, 4) is 17.2 Å². The van der Waals surface area contributed by atoms with Crippen LogP contribution in [0.4, 0.5) is 0 Å². The summed E-state index contributed by atoms with van der Waals surface area (Å²) >= 11 is 19.2. The van der Waals surface area contributed by atoms with Crippen LogP contribution in [0, 0.1) is 0 Å². The molecule has 0 radical (unpaired) electrons. The molecule has 6 nitrogen and oxygen atoms in total. The van der Waals surface area contributed by atoms with Crippen molar-refractivity contribution < 1.29 is 14.1 Å². The van der Waals surface area contributed by atoms with Crippen LogP contribution in [-0.2, 0) is 6.54 Å². The first-order valence-electron chi connectivity index (χ1n) is 10.2. The zero-order valence-corrected chi connectivity index (χ0v) is 20.0. The molecule has 2 aromatic heterocycles. The van der Waals surface area contributed by atoms with Crippen LogP contribution in [0.2, 0.25) is 15.2 Å². The monoisotopic (exact) mass is 511 g/mol. The first kappa shape index (κ1) is 22.5. The standard InChI is InChI=1S/C25H16Cl3N3O3/c1-33-17-9-10-20-18(12-17)21(23(28)31(20)13-15-7-8-16(26)11-19(15)27)22(32)24-29-25(34-30-24)14-5-3-2-4-6-14/h2-12H,13H2,1H3. The maximum absolute atomic E-state index is 13.5. The molecule has 0 saturated heterocycles. The molecule has 0 bridgehead atoms. The SMILES string of the molecule is COc1ccc2c(c1)c(C(=O)c1noc(-c3ccccc3)n1)c(Cl)n2Cc1ccc(Cl)cc1Cl. The van der Waals surface area contributed by atoms with Gasteiger partial charge in [0, 0.05) is 21.0 Å². The van der Waals surface area contributed by atoms with Gasteiger partial charge in [0.05, 0.1) is 24.7 Å². The van der Waals surface area contributed by atoms with E-state index in [1.54, 1.807) is 35.9 Å². The van der Waals surface area contributed by atoms with Gasteiger partial charge >= 0.3 is 0 Å². The smallest absolute Gasteiger partial charge is 0.258 e. The predicted octanol–water partition coefficient (Wildman–Crippen LogP) is 6.94. The number of benzene rings is 3. The molecular formula is C25H16Cl3N3O3. The Balaban J connectivity index is 1.62. The number of carbonyl (C=O) groups excluding carboxylic acids is 1. The summed E-state index contributed by atoms with van der Waals surface area (Å²) in [5.74, 6) is 0.273. The van der Waals surface area contributed by atoms with E-state index in [9.17, 15) is 4.79 Å². The van der Waals surface area contributed by atoms with Crippen molar-refractivity contribution in [2.75, 3.05) is 7.11 Å². The van der Waals surface area contributed by atoms with Crippen molar-refractivity contribution in [3.05, 3.63) is 98.9 Å². The number of fused-ring (bicyclic) bond motifs is 1. The minimum atomic E-state index is -0.463. The van der Waals surface area contributed by atoms with Crippen LogP contribution in [0.5, 0.6) is 5.75 Å². The Bertz CT molecular complexity index is 1530. The van der Waals surface area contributed by atoms with E-state index >= 15 is 0 Å². The first-order valence-corrected chi connectivity index (χ1v) is 11.3. The molecule has 0 aliphatic carbocycles. The third-order valence-corrected chi connectivity index (χ3v) is 6.41. The van der Waals surface area contributed by atoms with E-state index in [1.165, 1.54) is 0 Å². The molecule has 0 amide bonds. The summed E-state index contributed by atoms with van der Waals surface area (Å²) in [5, 5.41) is 5.76. The second-order valence-corrected chi connectivity index (χ2v) is 8.69. The lowest BCUT2D eigenvalue weighted by molar-refractivity contribution is 0.102. The van der Waals surface area contributed by atoms with Crippen molar-refractivity contribution in [1.82, 2.24) is 14.7 Å². The second-order valence-electron chi connectivity index (χ2n) is 7.49. The number of ether oxygens (including phenoxy) is 1. The number of hydrogen-bond donors (Lipinski definition) is 0. The van der Waals surface area contributed by atoms with Crippen LogP contribution in [0.3, 0.4) is 0 Å². The molecule has 0 aliphatic heterocycles. The van der Waals surface area contributed by atoms with Gasteiger partial charge in [-0.1, -0.05) is 64.2 Å². The minimum Gasteiger partial charge on any atom is -0.497 e. The van der Waals surface area contributed by atoms with Gasteiger partial charge in [0.2, 0.25) is 11.6 Å². The highest BCUT2D eigenvalue weighted by Crippen LogP contribution is 2.35. The fourth-order valence-corrected chi connectivity index (χ4v) is 4.55. The summed E-state index contributed by atoms with van der Waals surface area (Å²) in [4.78, 5) is 17.8. The van der Waals surface area contributed by atoms with Crippen molar-refractivity contribution in [2.24, 2.45) is 0 Å². The molecule has 5 rings (SSSR count). The average molecular weight is 513 g/mol. The number of carbonyl (C=O) groups is 1. The van der Waals surface area contributed by atoms with Crippen LogP contribution in [-0.4, -0.2) is 27.6 Å². The maximum atomic E-state index is 13.5. The molecule has 0 saturated carbocycles. The third-order valence-electron chi connectivity index (χ3n) is 5.43. The summed E-state index contributed by atoms with van der Waals surface area (Å²) in [6, 6.07) is 19.8. The van der Waals surface area contributed by atoms with Gasteiger partial charge < -0.3 is 13.8 Å². The molecule has 3 aromatic carbocycles. The highest BCUT2D eigenvalue weighted by Gasteiger charge is 2.27. The molecule has 0 fully saturated rings. The zero-order valence-electron chi connectivity index (χ0n) is 17.8. The van der Waals surface area contributed by atoms with Gasteiger partial charge in [-0.3, -0.25) is 4.79 Å². The molecule has 0 aliphatic rings. The quantitative estimate of drug-likeness (QED) is 0.230. The number of aromatic nitrogens is 3. The van der Waals surface area contributed by atoms with Gasteiger partial charge in [-0.25, -0.2) is 0 Å². The molecule has 0 atom stereocenters. The predicted molar refractivity (Wildman–Crippen MR) is 132 cm³/mol. The Hall–Kier alpha value is -3.32. The zero-order chi connectivity index (χ0) is 23.8. The molecule has 0 N–H and O–H groups in total. The van der Waals surface area contributed by atoms with Crippen molar-refractivity contribution in [1.29, 1.82) is 0 Å². The van der Waals surface area contributed by atoms with Crippen molar-refractivity contribution in [3.63, 3.8) is 0 Å². The Morgan fingerprint density at radius 1 is 1.03 bits per heavy atom. The Labute approximate surface area is 209 Å². The highest BCUT2D eigenvalue weighted by molar-refractivity contribution is 6.37.